The van der Waals surface area contributed by atoms with Crippen LogP contribution >= 0.6 is 0 Å². The molecule has 0 heterocycles. The van der Waals surface area contributed by atoms with Gasteiger partial charge in [-0.3, -0.25) is 4.18 Å². The Labute approximate surface area is 179 Å². The molecule has 0 radical (unpaired) electrons. The van der Waals surface area contributed by atoms with Crippen LogP contribution in [0.3, 0.4) is 0 Å². The summed E-state index contributed by atoms with van der Waals surface area (Å²) in [6.07, 6.45) is 7.98. The van der Waals surface area contributed by atoms with Crippen molar-refractivity contribution in [2.24, 2.45) is 0 Å². The van der Waals surface area contributed by atoms with E-state index in [0.717, 1.165) is 30.0 Å². The summed E-state index contributed by atoms with van der Waals surface area (Å²) in [5.41, 5.74) is 0. The fraction of sp³-hybridized carbons (Fsp3) is 0.450. The van der Waals surface area contributed by atoms with Crippen LogP contribution in [0.5, 0.6) is 0 Å². The monoisotopic (exact) mass is 388 g/mol. The molecule has 26 heavy (non-hydrogen) atoms. The fourth-order valence-corrected chi connectivity index (χ4v) is 3.87. The van der Waals surface area contributed by atoms with Gasteiger partial charge in [0.2, 0.25) is 0 Å². The second-order valence-electron chi connectivity index (χ2n) is 5.87. The van der Waals surface area contributed by atoms with E-state index in [0.29, 0.717) is 0 Å². The molecule has 0 atom stereocenters. The van der Waals surface area contributed by atoms with Crippen molar-refractivity contribution in [3.63, 3.8) is 0 Å². The Morgan fingerprint density at radius 1 is 0.846 bits per heavy atom. The van der Waals surface area contributed by atoms with Crippen molar-refractivity contribution in [3.05, 3.63) is 42.5 Å². The van der Waals surface area contributed by atoms with Gasteiger partial charge in [0.1, 0.15) is 11.7 Å². The predicted molar refractivity (Wildman–Crippen MR) is 109 cm³/mol. The van der Waals surface area contributed by atoms with Gasteiger partial charge in [0.15, 0.2) is 0 Å². The molecule has 0 amide bonds. The Morgan fingerprint density at radius 3 is 2.12 bits per heavy atom. The van der Waals surface area contributed by atoms with Crippen LogP contribution in [-0.4, -0.2) is 51.4 Å². The van der Waals surface area contributed by atoms with E-state index in [-0.39, 0.29) is 41.1 Å². The molecule has 0 fully saturated rings. The second-order valence-corrected chi connectivity index (χ2v) is 7.46. The molecule has 4 nitrogen and oxygen atoms in total. The molecule has 140 valence electrons. The average Bonchev–Trinajstić information content (AvgIpc) is 2.65. The molecule has 0 saturated heterocycles. The maximum atomic E-state index is 12.4. The third-order valence-corrected chi connectivity index (χ3v) is 5.38. The van der Waals surface area contributed by atoms with Gasteiger partial charge in [-0.25, -0.2) is 0 Å². The summed E-state index contributed by atoms with van der Waals surface area (Å²) < 4.78 is 30.0. The van der Waals surface area contributed by atoms with Crippen molar-refractivity contribution in [1.82, 2.24) is 0 Å². The standard InChI is InChI=1S/C19H26O3S.CH2O.Na.H/c1-2-3-4-5-6-7-10-16-22-23(20,21)19-15-11-13-17-12-8-9-14-18(17)19;1-2;;/h8-9,11-15H,2-7,10,16H2,1H3;1H2;;. The predicted octanol–water partition coefficient (Wildman–Crippen LogP) is 4.46. The van der Waals surface area contributed by atoms with Gasteiger partial charge in [0.05, 0.1) is 6.61 Å². The third-order valence-electron chi connectivity index (χ3n) is 4.01. The average molecular weight is 389 g/mol. The van der Waals surface area contributed by atoms with Gasteiger partial charge in [0, 0.05) is 5.39 Å². The quantitative estimate of drug-likeness (QED) is 0.342. The molecule has 0 aliphatic heterocycles. The Kier molecular flexibility index (Phi) is 14.0. The number of hydrogen-bond donors (Lipinski definition) is 0. The Balaban J connectivity index is 0.00000201. The van der Waals surface area contributed by atoms with Crippen LogP contribution in [0.15, 0.2) is 47.4 Å². The summed E-state index contributed by atoms with van der Waals surface area (Å²) in [4.78, 5) is 8.26. The molecule has 0 aliphatic rings. The number of carbonyl (C=O) groups excluding carboxylic acids is 1. The first-order valence-corrected chi connectivity index (χ1v) is 10.2. The summed E-state index contributed by atoms with van der Waals surface area (Å²) >= 11 is 0. The van der Waals surface area contributed by atoms with Gasteiger partial charge in [-0.1, -0.05) is 81.8 Å². The molecule has 2 rings (SSSR count). The van der Waals surface area contributed by atoms with Crippen LogP contribution in [-0.2, 0) is 19.1 Å². The number of fused-ring (bicyclic) bond motifs is 1. The maximum absolute atomic E-state index is 12.4. The van der Waals surface area contributed by atoms with Gasteiger partial charge < -0.3 is 4.79 Å². The van der Waals surface area contributed by atoms with E-state index in [2.05, 4.69) is 6.92 Å². The van der Waals surface area contributed by atoms with E-state index < -0.39 is 10.1 Å². The van der Waals surface area contributed by atoms with E-state index in [1.807, 2.05) is 37.1 Å². The minimum atomic E-state index is -3.69. The number of hydrogen-bond acceptors (Lipinski definition) is 4. The van der Waals surface area contributed by atoms with Crippen molar-refractivity contribution >= 4 is 57.2 Å². The molecular formula is C20H29NaO4S. The van der Waals surface area contributed by atoms with Crippen molar-refractivity contribution < 1.29 is 17.4 Å². The number of benzene rings is 2. The van der Waals surface area contributed by atoms with E-state index >= 15 is 0 Å². The van der Waals surface area contributed by atoms with Crippen LogP contribution in [0.4, 0.5) is 0 Å². The zero-order valence-corrected chi connectivity index (χ0v) is 15.8. The molecule has 0 spiro atoms. The molecule has 2 aromatic carbocycles. The third kappa shape index (κ3) is 8.31. The Hall–Kier alpha value is -0.720. The summed E-state index contributed by atoms with van der Waals surface area (Å²) in [6, 6.07) is 12.7. The van der Waals surface area contributed by atoms with Gasteiger partial charge >= 0.3 is 29.6 Å². The molecule has 0 aromatic heterocycles. The summed E-state index contributed by atoms with van der Waals surface area (Å²) in [5, 5.41) is 1.63. The Morgan fingerprint density at radius 2 is 1.42 bits per heavy atom. The van der Waals surface area contributed by atoms with Crippen molar-refractivity contribution in [1.29, 1.82) is 0 Å². The van der Waals surface area contributed by atoms with Crippen LogP contribution in [0.25, 0.3) is 10.8 Å². The second kappa shape index (κ2) is 14.4. The SMILES string of the molecule is C=O.CCCCCCCCCOS(=O)(=O)c1cccc2ccccc12.[NaH]. The minimum absolute atomic E-state index is 0. The first-order chi connectivity index (χ1) is 12.1. The van der Waals surface area contributed by atoms with E-state index in [1.54, 1.807) is 12.1 Å². The van der Waals surface area contributed by atoms with Crippen molar-refractivity contribution in [2.45, 2.75) is 56.8 Å². The first kappa shape index (κ1) is 25.3. The van der Waals surface area contributed by atoms with Gasteiger partial charge in [0.25, 0.3) is 10.1 Å². The van der Waals surface area contributed by atoms with E-state index in [9.17, 15) is 8.42 Å². The van der Waals surface area contributed by atoms with Crippen LogP contribution in [0.2, 0.25) is 0 Å². The molecule has 0 N–H and O–H groups in total. The summed E-state index contributed by atoms with van der Waals surface area (Å²) in [6.45, 7) is 4.46. The normalized spacial score (nSPS) is 10.7. The molecular weight excluding hydrogens is 359 g/mol. The zero-order chi connectivity index (χ0) is 18.5. The molecule has 0 unspecified atom stereocenters. The number of rotatable bonds is 10. The summed E-state index contributed by atoms with van der Waals surface area (Å²) in [5.74, 6) is 0. The van der Waals surface area contributed by atoms with Crippen LogP contribution in [0, 0.1) is 0 Å². The van der Waals surface area contributed by atoms with Crippen molar-refractivity contribution in [3.8, 4) is 0 Å². The van der Waals surface area contributed by atoms with Crippen LogP contribution in [0.1, 0.15) is 51.9 Å². The topological polar surface area (TPSA) is 60.4 Å². The molecule has 0 aliphatic carbocycles. The fourth-order valence-electron chi connectivity index (χ4n) is 2.70. The van der Waals surface area contributed by atoms with E-state index in [4.69, 9.17) is 8.98 Å². The van der Waals surface area contributed by atoms with Crippen molar-refractivity contribution in [2.75, 3.05) is 6.61 Å². The van der Waals surface area contributed by atoms with Gasteiger partial charge in [-0.2, -0.15) is 8.42 Å². The molecule has 0 saturated carbocycles. The molecule has 2 aromatic rings. The van der Waals surface area contributed by atoms with E-state index in [1.165, 1.54) is 25.7 Å². The zero-order valence-electron chi connectivity index (χ0n) is 14.9. The molecule has 0 bridgehead atoms. The molecule has 6 heteroatoms. The Bertz CT molecular complexity index is 726. The van der Waals surface area contributed by atoms with Gasteiger partial charge in [-0.05, 0) is 17.9 Å². The van der Waals surface area contributed by atoms with Gasteiger partial charge in [-0.15, -0.1) is 0 Å². The number of carbonyl (C=O) groups is 1. The van der Waals surface area contributed by atoms with Crippen LogP contribution < -0.4 is 0 Å². The summed E-state index contributed by atoms with van der Waals surface area (Å²) in [7, 11) is -3.69. The first-order valence-electron chi connectivity index (χ1n) is 8.81. The number of unbranched alkanes of at least 4 members (excludes halogenated alkanes) is 6.